The van der Waals surface area contributed by atoms with Crippen LogP contribution < -0.4 is 0 Å². The molecular formula is C32H21NO2. The summed E-state index contributed by atoms with van der Waals surface area (Å²) in [6, 6.07) is 40.4. The van der Waals surface area contributed by atoms with Crippen LogP contribution in [0.5, 0.6) is 0 Å². The van der Waals surface area contributed by atoms with Crippen molar-refractivity contribution in [3.63, 3.8) is 0 Å². The summed E-state index contributed by atoms with van der Waals surface area (Å²) in [6.45, 7) is 0. The summed E-state index contributed by atoms with van der Waals surface area (Å²) in [5.41, 5.74) is 5.54. The van der Waals surface area contributed by atoms with Crippen molar-refractivity contribution in [1.29, 1.82) is 0 Å². The number of nitrogens with zero attached hydrogens (tertiary/aromatic N) is 1. The Morgan fingerprint density at radius 3 is 1.26 bits per heavy atom. The average molecular weight is 452 g/mol. The number of benzene rings is 5. The zero-order chi connectivity index (χ0) is 23.8. The van der Waals surface area contributed by atoms with E-state index in [4.69, 9.17) is 0 Å². The van der Waals surface area contributed by atoms with Gasteiger partial charge in [-0.3, -0.25) is 9.59 Å². The van der Waals surface area contributed by atoms with Crippen LogP contribution in [-0.4, -0.2) is 16.1 Å². The van der Waals surface area contributed by atoms with Gasteiger partial charge in [-0.2, -0.15) is 0 Å². The van der Waals surface area contributed by atoms with Crippen molar-refractivity contribution in [3.05, 3.63) is 150 Å². The molecule has 6 rings (SSSR count). The maximum absolute atomic E-state index is 13.2. The molecule has 0 fully saturated rings. The number of hydrogen-bond donors (Lipinski definition) is 0. The summed E-state index contributed by atoms with van der Waals surface area (Å²) in [5, 5.41) is 1.88. The van der Waals surface area contributed by atoms with Crippen molar-refractivity contribution in [3.8, 4) is 5.69 Å². The maximum Gasteiger partial charge on any atom is 0.193 e. The summed E-state index contributed by atoms with van der Waals surface area (Å²) in [5.74, 6) is -0.0470. The number of rotatable bonds is 5. The molecule has 0 saturated carbocycles. The lowest BCUT2D eigenvalue weighted by atomic mass is 9.99. The molecule has 0 radical (unpaired) electrons. The lowest BCUT2D eigenvalue weighted by Gasteiger charge is -2.08. The van der Waals surface area contributed by atoms with Crippen LogP contribution in [-0.2, 0) is 0 Å². The predicted octanol–water partition coefficient (Wildman–Crippen LogP) is 7.25. The lowest BCUT2D eigenvalue weighted by Crippen LogP contribution is -2.01. The summed E-state index contributed by atoms with van der Waals surface area (Å²) in [6.07, 6.45) is 0. The number of ketones is 2. The van der Waals surface area contributed by atoms with Crippen molar-refractivity contribution in [1.82, 2.24) is 4.57 Å². The second kappa shape index (κ2) is 8.54. The van der Waals surface area contributed by atoms with Crippen molar-refractivity contribution in [2.75, 3.05) is 0 Å². The van der Waals surface area contributed by atoms with Gasteiger partial charge in [0.15, 0.2) is 11.6 Å². The van der Waals surface area contributed by atoms with Crippen LogP contribution in [0.2, 0.25) is 0 Å². The minimum atomic E-state index is -0.0235. The highest BCUT2D eigenvalue weighted by atomic mass is 16.1. The summed E-state index contributed by atoms with van der Waals surface area (Å²) < 4.78 is 2.18. The van der Waals surface area contributed by atoms with E-state index in [1.165, 1.54) is 0 Å². The maximum atomic E-state index is 13.2. The number of carbonyl (C=O) groups is 2. The van der Waals surface area contributed by atoms with E-state index >= 15 is 0 Å². The van der Waals surface area contributed by atoms with Gasteiger partial charge in [-0.1, -0.05) is 78.9 Å². The second-order valence-electron chi connectivity index (χ2n) is 8.53. The molecule has 0 saturated heterocycles. The molecule has 6 aromatic rings. The SMILES string of the molecule is O=C(c1ccccc1)c1ccc2c(c1)c1cc(C(=O)c3ccccc3)ccc1n2-c1ccccc1. The van der Waals surface area contributed by atoms with Crippen molar-refractivity contribution in [2.24, 2.45) is 0 Å². The molecule has 0 amide bonds. The Morgan fingerprint density at radius 1 is 0.429 bits per heavy atom. The van der Waals surface area contributed by atoms with E-state index in [1.807, 2.05) is 115 Å². The Kier molecular flexibility index (Phi) is 5.08. The number of hydrogen-bond acceptors (Lipinski definition) is 2. The smallest absolute Gasteiger partial charge is 0.193 e. The number of carbonyl (C=O) groups excluding carboxylic acids is 2. The molecule has 0 atom stereocenters. The van der Waals surface area contributed by atoms with Crippen LogP contribution in [0.3, 0.4) is 0 Å². The average Bonchev–Trinajstić information content (AvgIpc) is 3.26. The van der Waals surface area contributed by atoms with Crippen molar-refractivity contribution < 1.29 is 9.59 Å². The molecule has 0 spiro atoms. The van der Waals surface area contributed by atoms with E-state index in [-0.39, 0.29) is 11.6 Å². The summed E-state index contributed by atoms with van der Waals surface area (Å²) in [4.78, 5) is 26.4. The van der Waals surface area contributed by atoms with Gasteiger partial charge in [0.05, 0.1) is 11.0 Å². The molecule has 0 unspecified atom stereocenters. The van der Waals surface area contributed by atoms with E-state index in [1.54, 1.807) is 0 Å². The van der Waals surface area contributed by atoms with E-state index in [0.29, 0.717) is 22.3 Å². The third-order valence-corrected chi connectivity index (χ3v) is 6.38. The third-order valence-electron chi connectivity index (χ3n) is 6.38. The fourth-order valence-electron chi connectivity index (χ4n) is 4.67. The molecule has 1 heterocycles. The van der Waals surface area contributed by atoms with Gasteiger partial charge in [0.2, 0.25) is 0 Å². The first-order chi connectivity index (χ1) is 17.2. The Bertz CT molecular complexity index is 1590. The van der Waals surface area contributed by atoms with E-state index in [2.05, 4.69) is 16.7 Å². The Hall–Kier alpha value is -4.76. The number of fused-ring (bicyclic) bond motifs is 3. The fraction of sp³-hybridized carbons (Fsp3) is 0. The van der Waals surface area contributed by atoms with Crippen molar-refractivity contribution >= 4 is 33.4 Å². The van der Waals surface area contributed by atoms with Gasteiger partial charge in [0, 0.05) is 38.7 Å². The molecule has 0 aliphatic rings. The molecule has 0 N–H and O–H groups in total. The molecule has 0 bridgehead atoms. The Balaban J connectivity index is 1.59. The van der Waals surface area contributed by atoms with Crippen LogP contribution >= 0.6 is 0 Å². The standard InChI is InChI=1S/C32H21NO2/c34-31(22-10-4-1-5-11-22)24-16-18-29-27(20-24)28-21-25(32(35)23-12-6-2-7-13-23)17-19-30(28)33(29)26-14-8-3-9-15-26/h1-21H. The Labute approximate surface area is 202 Å². The van der Waals surface area contributed by atoms with Gasteiger partial charge in [0.25, 0.3) is 0 Å². The van der Waals surface area contributed by atoms with Crippen LogP contribution in [0.15, 0.2) is 127 Å². The largest absolute Gasteiger partial charge is 0.309 e. The number of aromatic nitrogens is 1. The molecule has 3 heteroatoms. The minimum absolute atomic E-state index is 0.0235. The van der Waals surface area contributed by atoms with Gasteiger partial charge < -0.3 is 4.57 Å². The monoisotopic (exact) mass is 451 g/mol. The first-order valence-electron chi connectivity index (χ1n) is 11.5. The van der Waals surface area contributed by atoms with Crippen LogP contribution in [0.25, 0.3) is 27.5 Å². The molecule has 1 aromatic heterocycles. The zero-order valence-corrected chi connectivity index (χ0v) is 18.9. The lowest BCUT2D eigenvalue weighted by molar-refractivity contribution is 0.103. The fourth-order valence-corrected chi connectivity index (χ4v) is 4.67. The highest BCUT2D eigenvalue weighted by molar-refractivity contribution is 6.17. The van der Waals surface area contributed by atoms with Crippen LogP contribution in [0, 0.1) is 0 Å². The van der Waals surface area contributed by atoms with Gasteiger partial charge in [0.1, 0.15) is 0 Å². The van der Waals surface area contributed by atoms with E-state index < -0.39 is 0 Å². The number of para-hydroxylation sites is 1. The Morgan fingerprint density at radius 2 is 0.829 bits per heavy atom. The first-order valence-corrected chi connectivity index (χ1v) is 11.5. The third kappa shape index (κ3) is 3.64. The summed E-state index contributed by atoms with van der Waals surface area (Å²) in [7, 11) is 0. The van der Waals surface area contributed by atoms with E-state index in [9.17, 15) is 9.59 Å². The van der Waals surface area contributed by atoms with Crippen molar-refractivity contribution in [2.45, 2.75) is 0 Å². The topological polar surface area (TPSA) is 39.1 Å². The van der Waals surface area contributed by atoms with Gasteiger partial charge in [-0.15, -0.1) is 0 Å². The zero-order valence-electron chi connectivity index (χ0n) is 18.9. The molecular weight excluding hydrogens is 430 g/mol. The van der Waals surface area contributed by atoms with E-state index in [0.717, 1.165) is 27.5 Å². The van der Waals surface area contributed by atoms with Crippen LogP contribution in [0.4, 0.5) is 0 Å². The first kappa shape index (κ1) is 20.8. The highest BCUT2D eigenvalue weighted by Crippen LogP contribution is 2.34. The molecule has 5 aromatic carbocycles. The predicted molar refractivity (Wildman–Crippen MR) is 141 cm³/mol. The molecule has 0 aliphatic heterocycles. The molecule has 35 heavy (non-hydrogen) atoms. The second-order valence-corrected chi connectivity index (χ2v) is 8.53. The molecule has 0 aliphatic carbocycles. The normalized spacial score (nSPS) is 11.1. The van der Waals surface area contributed by atoms with Gasteiger partial charge in [-0.05, 0) is 48.5 Å². The summed E-state index contributed by atoms with van der Waals surface area (Å²) >= 11 is 0. The quantitative estimate of drug-likeness (QED) is 0.259. The highest BCUT2D eigenvalue weighted by Gasteiger charge is 2.18. The molecule has 166 valence electrons. The van der Waals surface area contributed by atoms with Gasteiger partial charge >= 0.3 is 0 Å². The van der Waals surface area contributed by atoms with Crippen LogP contribution in [0.1, 0.15) is 31.8 Å². The minimum Gasteiger partial charge on any atom is -0.309 e. The molecule has 3 nitrogen and oxygen atoms in total. The van der Waals surface area contributed by atoms with Gasteiger partial charge in [-0.25, -0.2) is 0 Å².